The fourth-order valence-corrected chi connectivity index (χ4v) is 2.11. The largest absolute Gasteiger partial charge is 0.480 e. The number of nitrogens with one attached hydrogen (secondary N) is 2. The highest BCUT2D eigenvalue weighted by molar-refractivity contribution is 5.84. The lowest BCUT2D eigenvalue weighted by molar-refractivity contribution is -0.139. The zero-order chi connectivity index (χ0) is 14.5. The van der Waals surface area contributed by atoms with Crippen LogP contribution in [0.3, 0.4) is 0 Å². The molecule has 2 aromatic rings. The average Bonchev–Trinajstić information content (AvgIpc) is 2.86. The number of aromatic nitrogens is 1. The lowest BCUT2D eigenvalue weighted by atomic mass is 10.0. The van der Waals surface area contributed by atoms with E-state index in [1.165, 1.54) is 0 Å². The molecule has 2 unspecified atom stereocenters. The molecule has 0 saturated heterocycles. The number of hydrogen-bond donors (Lipinski definition) is 5. The quantitative estimate of drug-likeness (QED) is 0.494. The summed E-state index contributed by atoms with van der Waals surface area (Å²) >= 11 is 0. The Kier molecular flexibility index (Phi) is 4.73. The molecule has 2 atom stereocenters. The Balaban J connectivity index is 2.10. The van der Waals surface area contributed by atoms with Crippen molar-refractivity contribution in [3.05, 3.63) is 36.0 Å². The van der Waals surface area contributed by atoms with Crippen molar-refractivity contribution in [2.45, 2.75) is 18.6 Å². The summed E-state index contributed by atoms with van der Waals surface area (Å²) in [5.41, 5.74) is 1.86. The zero-order valence-corrected chi connectivity index (χ0v) is 10.9. The zero-order valence-electron chi connectivity index (χ0n) is 10.9. The fraction of sp³-hybridized carbons (Fsp3) is 0.357. The number of aliphatic hydroxyl groups is 2. The molecule has 108 valence electrons. The van der Waals surface area contributed by atoms with Crippen LogP contribution in [0.1, 0.15) is 5.56 Å². The van der Waals surface area contributed by atoms with Crippen molar-refractivity contribution in [2.24, 2.45) is 0 Å². The van der Waals surface area contributed by atoms with Gasteiger partial charge in [0.1, 0.15) is 6.04 Å². The van der Waals surface area contributed by atoms with Crippen LogP contribution in [0.25, 0.3) is 10.9 Å². The molecule has 0 spiro atoms. The fourth-order valence-electron chi connectivity index (χ4n) is 2.11. The van der Waals surface area contributed by atoms with Crippen molar-refractivity contribution < 1.29 is 20.1 Å². The van der Waals surface area contributed by atoms with E-state index in [9.17, 15) is 15.0 Å². The van der Waals surface area contributed by atoms with Crippen LogP contribution in [0.5, 0.6) is 0 Å². The first kappa shape index (κ1) is 14.5. The van der Waals surface area contributed by atoms with Gasteiger partial charge < -0.3 is 25.6 Å². The van der Waals surface area contributed by atoms with Gasteiger partial charge >= 0.3 is 5.97 Å². The number of para-hydroxylation sites is 1. The predicted octanol–water partition coefficient (Wildman–Crippen LogP) is 0.106. The third-order valence-corrected chi connectivity index (χ3v) is 3.21. The maximum Gasteiger partial charge on any atom is 0.321 e. The van der Waals surface area contributed by atoms with Crippen molar-refractivity contribution in [2.75, 3.05) is 13.2 Å². The van der Waals surface area contributed by atoms with Gasteiger partial charge in [0.2, 0.25) is 0 Å². The number of aromatic amines is 1. The van der Waals surface area contributed by atoms with Crippen molar-refractivity contribution in [1.29, 1.82) is 0 Å². The van der Waals surface area contributed by atoms with Crippen molar-refractivity contribution in [1.82, 2.24) is 10.3 Å². The molecule has 20 heavy (non-hydrogen) atoms. The van der Waals surface area contributed by atoms with E-state index in [1.54, 1.807) is 6.20 Å². The summed E-state index contributed by atoms with van der Waals surface area (Å²) in [5.74, 6) is -0.986. The van der Waals surface area contributed by atoms with E-state index in [1.807, 2.05) is 24.3 Å². The molecule has 2 rings (SSSR count). The molecule has 0 fully saturated rings. The summed E-state index contributed by atoms with van der Waals surface area (Å²) in [6.45, 7) is -0.359. The van der Waals surface area contributed by atoms with Crippen LogP contribution < -0.4 is 5.32 Å². The third-order valence-electron chi connectivity index (χ3n) is 3.21. The smallest absolute Gasteiger partial charge is 0.321 e. The summed E-state index contributed by atoms with van der Waals surface area (Å²) in [4.78, 5) is 14.3. The number of rotatable bonds is 7. The van der Waals surface area contributed by atoms with Gasteiger partial charge in [-0.3, -0.25) is 4.79 Å². The lowest BCUT2D eigenvalue weighted by Gasteiger charge is -2.16. The second-order valence-corrected chi connectivity index (χ2v) is 4.70. The minimum Gasteiger partial charge on any atom is -0.480 e. The van der Waals surface area contributed by atoms with Crippen molar-refractivity contribution in [3.8, 4) is 0 Å². The first-order chi connectivity index (χ1) is 9.61. The standard InChI is InChI=1S/C14H18N2O4/c17-8-10(18)7-16-13(14(19)20)5-9-6-15-12-4-2-1-3-11(9)12/h1-4,6,10,13,15-18H,5,7-8H2,(H,19,20). The van der Waals surface area contributed by atoms with Crippen LogP contribution in [0.2, 0.25) is 0 Å². The average molecular weight is 278 g/mol. The number of carboxylic acid groups (broad SMARTS) is 1. The number of carboxylic acids is 1. The second kappa shape index (κ2) is 6.51. The number of H-pyrrole nitrogens is 1. The Labute approximate surface area is 116 Å². The maximum atomic E-state index is 11.2. The first-order valence-corrected chi connectivity index (χ1v) is 6.42. The normalized spacial score (nSPS) is 14.3. The van der Waals surface area contributed by atoms with Crippen LogP contribution in [-0.4, -0.2) is 51.6 Å². The number of fused-ring (bicyclic) bond motifs is 1. The van der Waals surface area contributed by atoms with Crippen LogP contribution in [0.4, 0.5) is 0 Å². The van der Waals surface area contributed by atoms with Crippen LogP contribution in [0.15, 0.2) is 30.5 Å². The summed E-state index contributed by atoms with van der Waals surface area (Å²) in [7, 11) is 0. The van der Waals surface area contributed by atoms with Gasteiger partial charge in [-0.25, -0.2) is 0 Å². The minimum atomic E-state index is -0.986. The number of carbonyl (C=O) groups is 1. The van der Waals surface area contributed by atoms with Gasteiger partial charge in [0.15, 0.2) is 0 Å². The molecule has 0 aliphatic heterocycles. The molecular weight excluding hydrogens is 260 g/mol. The second-order valence-electron chi connectivity index (χ2n) is 4.70. The summed E-state index contributed by atoms with van der Waals surface area (Å²) in [5, 5.41) is 31.0. The lowest BCUT2D eigenvalue weighted by Crippen LogP contribution is -2.43. The number of benzene rings is 1. The molecule has 6 heteroatoms. The van der Waals surface area contributed by atoms with E-state index < -0.39 is 24.7 Å². The third kappa shape index (κ3) is 3.36. The molecule has 0 amide bonds. The van der Waals surface area contributed by atoms with E-state index in [0.29, 0.717) is 6.42 Å². The Morgan fingerprint density at radius 1 is 1.35 bits per heavy atom. The predicted molar refractivity (Wildman–Crippen MR) is 74.5 cm³/mol. The van der Waals surface area contributed by atoms with Crippen LogP contribution in [-0.2, 0) is 11.2 Å². The molecule has 0 aliphatic carbocycles. The van der Waals surface area contributed by atoms with Crippen molar-refractivity contribution in [3.63, 3.8) is 0 Å². The summed E-state index contributed by atoms with van der Waals surface area (Å²) in [6, 6.07) is 6.86. The monoisotopic (exact) mass is 278 g/mol. The highest BCUT2D eigenvalue weighted by atomic mass is 16.4. The van der Waals surface area contributed by atoms with Crippen LogP contribution in [0, 0.1) is 0 Å². The van der Waals surface area contributed by atoms with Crippen LogP contribution >= 0.6 is 0 Å². The van der Waals surface area contributed by atoms with E-state index >= 15 is 0 Å². The van der Waals surface area contributed by atoms with Gasteiger partial charge in [-0.2, -0.15) is 0 Å². The minimum absolute atomic E-state index is 0.0375. The number of aliphatic carboxylic acids is 1. The van der Waals surface area contributed by atoms with E-state index in [2.05, 4.69) is 10.3 Å². The van der Waals surface area contributed by atoms with E-state index in [0.717, 1.165) is 16.5 Å². The molecule has 1 heterocycles. The maximum absolute atomic E-state index is 11.2. The molecule has 0 aliphatic rings. The molecule has 0 bridgehead atoms. The Morgan fingerprint density at radius 2 is 2.10 bits per heavy atom. The first-order valence-electron chi connectivity index (χ1n) is 6.42. The van der Waals surface area contributed by atoms with Gasteiger partial charge in [0, 0.05) is 30.1 Å². The number of aliphatic hydroxyl groups excluding tert-OH is 2. The molecule has 0 radical (unpaired) electrons. The van der Waals surface area contributed by atoms with Gasteiger partial charge in [0.05, 0.1) is 12.7 Å². The SMILES string of the molecule is O=C(O)C(Cc1c[nH]c2ccccc12)NCC(O)CO. The summed E-state index contributed by atoms with van der Waals surface area (Å²) < 4.78 is 0. The summed E-state index contributed by atoms with van der Waals surface area (Å²) in [6.07, 6.45) is 1.14. The van der Waals surface area contributed by atoms with Gasteiger partial charge in [0.25, 0.3) is 0 Å². The Bertz CT molecular complexity index is 581. The molecule has 6 nitrogen and oxygen atoms in total. The topological polar surface area (TPSA) is 106 Å². The van der Waals surface area contributed by atoms with Gasteiger partial charge in [-0.05, 0) is 11.6 Å². The van der Waals surface area contributed by atoms with E-state index in [-0.39, 0.29) is 6.54 Å². The number of hydrogen-bond acceptors (Lipinski definition) is 4. The highest BCUT2D eigenvalue weighted by Gasteiger charge is 2.20. The Hall–Kier alpha value is -1.89. The molecule has 5 N–H and O–H groups in total. The van der Waals surface area contributed by atoms with Gasteiger partial charge in [-0.1, -0.05) is 18.2 Å². The van der Waals surface area contributed by atoms with E-state index in [4.69, 9.17) is 5.11 Å². The Morgan fingerprint density at radius 3 is 2.80 bits per heavy atom. The van der Waals surface area contributed by atoms with Gasteiger partial charge in [-0.15, -0.1) is 0 Å². The molecule has 1 aromatic carbocycles. The molecule has 0 saturated carbocycles. The highest BCUT2D eigenvalue weighted by Crippen LogP contribution is 2.19. The molecular formula is C14H18N2O4. The molecule has 1 aromatic heterocycles. The van der Waals surface area contributed by atoms with Crippen molar-refractivity contribution >= 4 is 16.9 Å².